The van der Waals surface area contributed by atoms with Gasteiger partial charge in [0.1, 0.15) is 12.0 Å². The second kappa shape index (κ2) is 6.02. The highest BCUT2D eigenvalue weighted by atomic mass is 16.7. The van der Waals surface area contributed by atoms with Crippen molar-refractivity contribution in [1.82, 2.24) is 0 Å². The van der Waals surface area contributed by atoms with E-state index >= 15 is 0 Å². The van der Waals surface area contributed by atoms with Gasteiger partial charge in [-0.15, -0.1) is 0 Å². The Labute approximate surface area is 94.2 Å². The van der Waals surface area contributed by atoms with Gasteiger partial charge in [-0.1, -0.05) is 12.1 Å². The summed E-state index contributed by atoms with van der Waals surface area (Å²) in [4.78, 5) is 21.9. The van der Waals surface area contributed by atoms with Gasteiger partial charge in [0.2, 0.25) is 0 Å². The van der Waals surface area contributed by atoms with Crippen LogP contribution in [0.25, 0.3) is 0 Å². The summed E-state index contributed by atoms with van der Waals surface area (Å²) in [5, 5.41) is 0. The number of carbonyl (C=O) groups is 2. The van der Waals surface area contributed by atoms with Crippen LogP contribution in [-0.2, 0) is 16.0 Å². The second-order valence-electron chi connectivity index (χ2n) is 3.26. The molecule has 0 bridgehead atoms. The molecule has 0 aliphatic carbocycles. The maximum absolute atomic E-state index is 11.4. The van der Waals surface area contributed by atoms with Crippen molar-refractivity contribution in [2.75, 3.05) is 13.9 Å². The third kappa shape index (κ3) is 2.90. The monoisotopic (exact) mass is 222 g/mol. The Bertz CT molecular complexity index is 385. The molecule has 0 atom stereocenters. The Hall–Kier alpha value is -1.68. The van der Waals surface area contributed by atoms with Crippen molar-refractivity contribution in [3.8, 4) is 5.75 Å². The lowest BCUT2D eigenvalue weighted by Crippen LogP contribution is -2.06. The van der Waals surface area contributed by atoms with Crippen molar-refractivity contribution >= 4 is 12.1 Å². The molecule has 86 valence electrons. The van der Waals surface area contributed by atoms with Crippen molar-refractivity contribution in [2.24, 2.45) is 0 Å². The lowest BCUT2D eigenvalue weighted by molar-refractivity contribution is -0.107. The average Bonchev–Trinajstić information content (AvgIpc) is 2.27. The summed E-state index contributed by atoms with van der Waals surface area (Å²) in [6.45, 7) is 1.55. The predicted octanol–water partition coefficient (Wildman–Crippen LogP) is 1.61. The first-order valence-corrected chi connectivity index (χ1v) is 4.89. The molecule has 0 aliphatic rings. The fraction of sp³-hybridized carbons (Fsp3) is 0.333. The van der Waals surface area contributed by atoms with Gasteiger partial charge in [-0.2, -0.15) is 0 Å². The lowest BCUT2D eigenvalue weighted by Gasteiger charge is -2.11. The molecule has 0 heterocycles. The van der Waals surface area contributed by atoms with Gasteiger partial charge in [0.25, 0.3) is 0 Å². The fourth-order valence-electron chi connectivity index (χ4n) is 1.45. The molecule has 1 aromatic carbocycles. The molecular formula is C12H14O4. The Morgan fingerprint density at radius 3 is 2.75 bits per heavy atom. The first-order valence-electron chi connectivity index (χ1n) is 4.89. The summed E-state index contributed by atoms with van der Waals surface area (Å²) in [6, 6.07) is 5.11. The number of methoxy groups -OCH3 is 1. The van der Waals surface area contributed by atoms with Crippen LogP contribution in [0.4, 0.5) is 0 Å². The number of aldehydes is 1. The minimum Gasteiger partial charge on any atom is -0.467 e. The Balaban J connectivity index is 3.10. The maximum atomic E-state index is 11.4. The first-order chi connectivity index (χ1) is 7.70. The quantitative estimate of drug-likeness (QED) is 0.417. The fourth-order valence-corrected chi connectivity index (χ4v) is 1.45. The van der Waals surface area contributed by atoms with Crippen LogP contribution < -0.4 is 4.74 Å². The highest BCUT2D eigenvalue weighted by molar-refractivity contribution is 5.96. The number of ketones is 1. The normalized spacial score (nSPS) is 9.88. The summed E-state index contributed by atoms with van der Waals surface area (Å²) in [5.41, 5.74) is 1.13. The molecule has 0 saturated carbocycles. The molecule has 0 spiro atoms. The van der Waals surface area contributed by atoms with E-state index in [-0.39, 0.29) is 19.0 Å². The molecule has 0 fully saturated rings. The summed E-state index contributed by atoms with van der Waals surface area (Å²) < 4.78 is 10.1. The Morgan fingerprint density at radius 2 is 2.19 bits per heavy atom. The van der Waals surface area contributed by atoms with Crippen LogP contribution in [0.3, 0.4) is 0 Å². The molecule has 0 aliphatic heterocycles. The molecular weight excluding hydrogens is 208 g/mol. The van der Waals surface area contributed by atoms with Crippen LogP contribution in [-0.4, -0.2) is 26.0 Å². The SMILES string of the molecule is COCOc1cccc(C(C)=O)c1CC=O. The topological polar surface area (TPSA) is 52.6 Å². The molecule has 0 unspecified atom stereocenters. The van der Waals surface area contributed by atoms with E-state index in [2.05, 4.69) is 0 Å². The van der Waals surface area contributed by atoms with Gasteiger partial charge in [-0.05, 0) is 13.0 Å². The summed E-state index contributed by atoms with van der Waals surface area (Å²) in [7, 11) is 1.51. The van der Waals surface area contributed by atoms with Crippen LogP contribution in [0.1, 0.15) is 22.8 Å². The number of carbonyl (C=O) groups excluding carboxylic acids is 2. The van der Waals surface area contributed by atoms with Crippen molar-refractivity contribution in [1.29, 1.82) is 0 Å². The van der Waals surface area contributed by atoms with Gasteiger partial charge in [-0.3, -0.25) is 4.79 Å². The van der Waals surface area contributed by atoms with Gasteiger partial charge in [0.05, 0.1) is 0 Å². The van der Waals surface area contributed by atoms with Crippen LogP contribution >= 0.6 is 0 Å². The Morgan fingerprint density at radius 1 is 1.44 bits per heavy atom. The minimum absolute atomic E-state index is 0.0836. The van der Waals surface area contributed by atoms with E-state index in [1.165, 1.54) is 14.0 Å². The second-order valence-corrected chi connectivity index (χ2v) is 3.26. The molecule has 0 radical (unpaired) electrons. The van der Waals surface area contributed by atoms with Crippen molar-refractivity contribution in [2.45, 2.75) is 13.3 Å². The van der Waals surface area contributed by atoms with E-state index in [1.54, 1.807) is 18.2 Å². The number of hydrogen-bond acceptors (Lipinski definition) is 4. The standard InChI is InChI=1S/C12H14O4/c1-9(14)10-4-3-5-12(16-8-15-2)11(10)6-7-13/h3-5,7H,6,8H2,1-2H3. The Kier molecular flexibility index (Phi) is 4.66. The smallest absolute Gasteiger partial charge is 0.188 e. The van der Waals surface area contributed by atoms with E-state index in [0.717, 1.165) is 6.29 Å². The molecule has 16 heavy (non-hydrogen) atoms. The largest absolute Gasteiger partial charge is 0.467 e. The van der Waals surface area contributed by atoms with Crippen molar-refractivity contribution < 1.29 is 19.1 Å². The molecule has 1 rings (SSSR count). The number of ether oxygens (including phenoxy) is 2. The van der Waals surface area contributed by atoms with Crippen LogP contribution in [0.5, 0.6) is 5.75 Å². The molecule has 0 N–H and O–H groups in total. The molecule has 0 aromatic heterocycles. The maximum Gasteiger partial charge on any atom is 0.188 e. The predicted molar refractivity (Wildman–Crippen MR) is 58.7 cm³/mol. The zero-order chi connectivity index (χ0) is 12.0. The summed E-state index contributed by atoms with van der Waals surface area (Å²) in [5.74, 6) is 0.432. The summed E-state index contributed by atoms with van der Waals surface area (Å²) >= 11 is 0. The number of hydrogen-bond donors (Lipinski definition) is 0. The minimum atomic E-state index is -0.0836. The van der Waals surface area contributed by atoms with Gasteiger partial charge >= 0.3 is 0 Å². The third-order valence-corrected chi connectivity index (χ3v) is 2.13. The van der Waals surface area contributed by atoms with Crippen LogP contribution in [0.2, 0.25) is 0 Å². The number of benzene rings is 1. The van der Waals surface area contributed by atoms with Crippen LogP contribution in [0, 0.1) is 0 Å². The van der Waals surface area contributed by atoms with Gasteiger partial charge in [0, 0.05) is 24.7 Å². The zero-order valence-corrected chi connectivity index (χ0v) is 9.36. The molecule has 4 heteroatoms. The van der Waals surface area contributed by atoms with Gasteiger partial charge < -0.3 is 14.3 Å². The van der Waals surface area contributed by atoms with Gasteiger partial charge in [-0.25, -0.2) is 0 Å². The average molecular weight is 222 g/mol. The van der Waals surface area contributed by atoms with E-state index in [4.69, 9.17) is 9.47 Å². The van der Waals surface area contributed by atoms with E-state index in [1.807, 2.05) is 0 Å². The molecule has 0 saturated heterocycles. The van der Waals surface area contributed by atoms with E-state index in [9.17, 15) is 9.59 Å². The number of rotatable bonds is 6. The first kappa shape index (κ1) is 12.4. The van der Waals surface area contributed by atoms with Crippen LogP contribution in [0.15, 0.2) is 18.2 Å². The van der Waals surface area contributed by atoms with E-state index < -0.39 is 0 Å². The third-order valence-electron chi connectivity index (χ3n) is 2.13. The molecule has 0 amide bonds. The van der Waals surface area contributed by atoms with Crippen molar-refractivity contribution in [3.05, 3.63) is 29.3 Å². The van der Waals surface area contributed by atoms with Gasteiger partial charge in [0.15, 0.2) is 12.6 Å². The van der Waals surface area contributed by atoms with Crippen molar-refractivity contribution in [3.63, 3.8) is 0 Å². The van der Waals surface area contributed by atoms with E-state index in [0.29, 0.717) is 16.9 Å². The summed E-state index contributed by atoms with van der Waals surface area (Å²) in [6.07, 6.45) is 0.913. The molecule has 4 nitrogen and oxygen atoms in total. The number of Topliss-reactive ketones (excluding diaryl/α,β-unsaturated/α-hetero) is 1. The highest BCUT2D eigenvalue weighted by Gasteiger charge is 2.12. The molecule has 1 aromatic rings. The lowest BCUT2D eigenvalue weighted by atomic mass is 10.0. The zero-order valence-electron chi connectivity index (χ0n) is 9.36. The highest BCUT2D eigenvalue weighted by Crippen LogP contribution is 2.23.